The molecule has 36 heavy (non-hydrogen) atoms. The van der Waals surface area contributed by atoms with Crippen molar-refractivity contribution in [2.75, 3.05) is 12.4 Å². The largest absolute Gasteiger partial charge is 0.497 e. The summed E-state index contributed by atoms with van der Waals surface area (Å²) in [6.45, 7) is 2.34. The molecule has 4 aromatic heterocycles. The predicted octanol–water partition coefficient (Wildman–Crippen LogP) is 4.62. The van der Waals surface area contributed by atoms with Gasteiger partial charge in [0.05, 0.1) is 24.5 Å². The zero-order valence-electron chi connectivity index (χ0n) is 19.7. The molecule has 0 saturated carbocycles. The lowest BCUT2D eigenvalue weighted by atomic mass is 10.0. The second-order valence-corrected chi connectivity index (χ2v) is 8.22. The van der Waals surface area contributed by atoms with Gasteiger partial charge >= 0.3 is 0 Å². The Morgan fingerprint density at radius 2 is 1.86 bits per heavy atom. The minimum absolute atomic E-state index is 0.219. The average molecular weight is 483 g/mol. The number of ether oxygens (including phenoxy) is 1. The highest BCUT2D eigenvalue weighted by Gasteiger charge is 2.19. The van der Waals surface area contributed by atoms with E-state index in [-0.39, 0.29) is 5.43 Å². The number of hydrogen-bond acceptors (Lipinski definition) is 7. The Morgan fingerprint density at radius 3 is 2.61 bits per heavy atom. The van der Waals surface area contributed by atoms with Gasteiger partial charge < -0.3 is 14.6 Å². The van der Waals surface area contributed by atoms with Crippen LogP contribution in [0.5, 0.6) is 5.75 Å². The van der Waals surface area contributed by atoms with Crippen LogP contribution in [0.3, 0.4) is 0 Å². The molecule has 1 N–H and O–H groups in total. The summed E-state index contributed by atoms with van der Waals surface area (Å²) in [5.41, 5.74) is 3.10. The van der Waals surface area contributed by atoms with Gasteiger partial charge in [-0.3, -0.25) is 9.78 Å². The van der Waals surface area contributed by atoms with Crippen molar-refractivity contribution in [1.29, 1.82) is 0 Å². The molecular weight excluding hydrogens is 459 g/mol. The Labute approximate surface area is 206 Å². The van der Waals surface area contributed by atoms with Crippen LogP contribution in [-0.4, -0.2) is 31.6 Å². The highest BCUT2D eigenvalue weighted by atomic mass is 19.1. The fourth-order valence-electron chi connectivity index (χ4n) is 4.09. The van der Waals surface area contributed by atoms with Crippen LogP contribution in [0, 0.1) is 5.95 Å². The Balaban J connectivity index is 1.52. The van der Waals surface area contributed by atoms with E-state index in [0.717, 1.165) is 11.3 Å². The molecule has 1 unspecified atom stereocenters. The topological polar surface area (TPSA) is 94.8 Å². The number of benzene rings is 1. The second kappa shape index (κ2) is 9.91. The lowest BCUT2D eigenvalue weighted by Crippen LogP contribution is -2.17. The number of methoxy groups -OCH3 is 1. The van der Waals surface area contributed by atoms with Gasteiger partial charge in [0.25, 0.3) is 0 Å². The van der Waals surface area contributed by atoms with Crippen molar-refractivity contribution < 1.29 is 9.13 Å². The van der Waals surface area contributed by atoms with Crippen molar-refractivity contribution in [3.8, 4) is 17.0 Å². The zero-order valence-corrected chi connectivity index (χ0v) is 19.7. The molecule has 1 aromatic carbocycles. The minimum Gasteiger partial charge on any atom is -0.497 e. The van der Waals surface area contributed by atoms with E-state index in [1.807, 2.05) is 54.0 Å². The Kier molecular flexibility index (Phi) is 6.36. The molecular formula is C27H23FN6O2. The molecule has 0 radical (unpaired) electrons. The van der Waals surface area contributed by atoms with Crippen molar-refractivity contribution >= 4 is 16.9 Å². The average Bonchev–Trinajstić information content (AvgIpc) is 2.91. The molecule has 0 fully saturated rings. The van der Waals surface area contributed by atoms with Crippen LogP contribution in [0.15, 0.2) is 84.2 Å². The lowest BCUT2D eigenvalue weighted by molar-refractivity contribution is 0.414. The van der Waals surface area contributed by atoms with Gasteiger partial charge in [0.15, 0.2) is 5.43 Å². The standard InChI is InChI=1S/C27H23FN6O2/c1-17(25-20(10-11-23(28)33-25)21-5-3-4-13-29-21)32-26-24-22(35)12-14-34(27(24)31-16-30-26)15-18-6-8-19(36-2)9-7-18/h3-14,16-17H,15H2,1-2H3,(H,30,31,32). The molecule has 0 spiro atoms. The molecule has 0 aliphatic heterocycles. The molecule has 0 aliphatic carbocycles. The smallest absolute Gasteiger partial charge is 0.213 e. The number of nitrogens with zero attached hydrogens (tertiary/aromatic N) is 5. The number of fused-ring (bicyclic) bond motifs is 1. The van der Waals surface area contributed by atoms with Crippen molar-refractivity contribution in [3.63, 3.8) is 0 Å². The van der Waals surface area contributed by atoms with Crippen LogP contribution < -0.4 is 15.5 Å². The van der Waals surface area contributed by atoms with Gasteiger partial charge in [0.2, 0.25) is 5.95 Å². The van der Waals surface area contributed by atoms with Crippen molar-refractivity contribution in [3.05, 3.63) is 107 Å². The number of nitrogens with one attached hydrogen (secondary N) is 1. The monoisotopic (exact) mass is 482 g/mol. The molecule has 5 aromatic rings. The van der Waals surface area contributed by atoms with Crippen LogP contribution in [0.2, 0.25) is 0 Å². The zero-order chi connectivity index (χ0) is 25.1. The molecule has 0 bridgehead atoms. The molecule has 0 aliphatic rings. The van der Waals surface area contributed by atoms with E-state index in [0.29, 0.717) is 40.3 Å². The molecule has 8 nitrogen and oxygen atoms in total. The number of aromatic nitrogens is 5. The molecule has 0 amide bonds. The predicted molar refractivity (Wildman–Crippen MR) is 135 cm³/mol. The van der Waals surface area contributed by atoms with E-state index in [1.54, 1.807) is 25.6 Å². The summed E-state index contributed by atoms with van der Waals surface area (Å²) in [5, 5.41) is 3.59. The molecule has 1 atom stereocenters. The maximum absolute atomic E-state index is 14.1. The summed E-state index contributed by atoms with van der Waals surface area (Å²) in [5.74, 6) is 0.509. The highest BCUT2D eigenvalue weighted by molar-refractivity contribution is 5.86. The highest BCUT2D eigenvalue weighted by Crippen LogP contribution is 2.28. The van der Waals surface area contributed by atoms with E-state index in [4.69, 9.17) is 4.74 Å². The van der Waals surface area contributed by atoms with Crippen LogP contribution in [0.1, 0.15) is 24.2 Å². The summed E-state index contributed by atoms with van der Waals surface area (Å²) < 4.78 is 21.3. The summed E-state index contributed by atoms with van der Waals surface area (Å²) in [7, 11) is 1.62. The lowest BCUT2D eigenvalue weighted by Gasteiger charge is -2.19. The van der Waals surface area contributed by atoms with Crippen molar-refractivity contribution in [2.24, 2.45) is 0 Å². The van der Waals surface area contributed by atoms with Crippen LogP contribution >= 0.6 is 0 Å². The minimum atomic E-state index is -0.604. The number of hydrogen-bond donors (Lipinski definition) is 1. The first-order valence-electron chi connectivity index (χ1n) is 11.3. The molecule has 0 saturated heterocycles. The number of halogens is 1. The Hall–Kier alpha value is -4.66. The maximum atomic E-state index is 14.1. The molecule has 4 heterocycles. The first-order chi connectivity index (χ1) is 17.5. The van der Waals surface area contributed by atoms with Crippen LogP contribution in [-0.2, 0) is 6.54 Å². The summed E-state index contributed by atoms with van der Waals surface area (Å²) in [6, 6.07) is 17.2. The molecule has 180 valence electrons. The van der Waals surface area contributed by atoms with E-state index in [1.165, 1.54) is 18.5 Å². The third-order valence-electron chi connectivity index (χ3n) is 5.86. The van der Waals surface area contributed by atoms with Crippen LogP contribution in [0.4, 0.5) is 10.2 Å². The third-order valence-corrected chi connectivity index (χ3v) is 5.86. The van der Waals surface area contributed by atoms with E-state index >= 15 is 0 Å². The van der Waals surface area contributed by atoms with Gasteiger partial charge in [-0.2, -0.15) is 4.39 Å². The van der Waals surface area contributed by atoms with Gasteiger partial charge in [-0.15, -0.1) is 0 Å². The summed E-state index contributed by atoms with van der Waals surface area (Å²) in [6.07, 6.45) is 4.78. The maximum Gasteiger partial charge on any atom is 0.213 e. The van der Waals surface area contributed by atoms with Gasteiger partial charge in [-0.05, 0) is 48.9 Å². The fourth-order valence-corrected chi connectivity index (χ4v) is 4.09. The SMILES string of the molecule is COc1ccc(Cn2ccc(=O)c3c(NC(C)c4nc(F)ccc4-c4ccccn4)ncnc32)cc1. The van der Waals surface area contributed by atoms with E-state index < -0.39 is 12.0 Å². The first-order valence-corrected chi connectivity index (χ1v) is 11.3. The summed E-state index contributed by atoms with van der Waals surface area (Å²) >= 11 is 0. The van der Waals surface area contributed by atoms with Gasteiger partial charge in [0, 0.05) is 30.6 Å². The summed E-state index contributed by atoms with van der Waals surface area (Å²) in [4.78, 5) is 30.2. The van der Waals surface area contributed by atoms with E-state index in [9.17, 15) is 9.18 Å². The van der Waals surface area contributed by atoms with Gasteiger partial charge in [-0.1, -0.05) is 18.2 Å². The number of rotatable bonds is 7. The number of anilines is 1. The number of pyridine rings is 3. The Bertz CT molecular complexity index is 1570. The first kappa shape index (κ1) is 23.1. The Morgan fingerprint density at radius 1 is 1.03 bits per heavy atom. The fraction of sp³-hybridized carbons (Fsp3) is 0.148. The second-order valence-electron chi connectivity index (χ2n) is 8.22. The van der Waals surface area contributed by atoms with Crippen LogP contribution in [0.25, 0.3) is 22.3 Å². The quantitative estimate of drug-likeness (QED) is 0.338. The van der Waals surface area contributed by atoms with Gasteiger partial charge in [-0.25, -0.2) is 15.0 Å². The molecule has 9 heteroatoms. The third kappa shape index (κ3) is 4.63. The molecule has 5 rings (SSSR count). The van der Waals surface area contributed by atoms with Crippen molar-refractivity contribution in [1.82, 2.24) is 24.5 Å². The van der Waals surface area contributed by atoms with E-state index in [2.05, 4.69) is 25.3 Å². The normalized spacial score (nSPS) is 11.9. The van der Waals surface area contributed by atoms with Gasteiger partial charge in [0.1, 0.15) is 28.9 Å². The van der Waals surface area contributed by atoms with Crippen molar-refractivity contribution in [2.45, 2.75) is 19.5 Å².